The van der Waals surface area contributed by atoms with E-state index in [1.165, 1.54) is 17.3 Å². The van der Waals surface area contributed by atoms with Gasteiger partial charge in [0.2, 0.25) is 0 Å². The van der Waals surface area contributed by atoms with Crippen LogP contribution in [0.1, 0.15) is 81.6 Å². The third-order valence-corrected chi connectivity index (χ3v) is 10.4. The number of thiazole rings is 1. The summed E-state index contributed by atoms with van der Waals surface area (Å²) < 4.78 is 37.8. The molecule has 1 aromatic heterocycles. The largest absolute Gasteiger partial charge is 0.444 e. The highest BCUT2D eigenvalue weighted by atomic mass is 32.2. The number of rotatable bonds is 4. The molecule has 212 valence electrons. The van der Waals surface area contributed by atoms with Gasteiger partial charge in [-0.1, -0.05) is 6.07 Å². The highest BCUT2D eigenvalue weighted by molar-refractivity contribution is 7.94. The lowest BCUT2D eigenvalue weighted by Gasteiger charge is -2.22. The molecule has 2 heterocycles. The zero-order valence-electron chi connectivity index (χ0n) is 23.3. The lowest BCUT2D eigenvalue weighted by Crippen LogP contribution is -2.35. The molecule has 3 amide bonds. The topological polar surface area (TPSA) is 128 Å². The van der Waals surface area contributed by atoms with E-state index in [1.807, 2.05) is 6.92 Å². The van der Waals surface area contributed by atoms with E-state index in [9.17, 15) is 13.8 Å². The van der Waals surface area contributed by atoms with Gasteiger partial charge in [0.1, 0.15) is 20.4 Å². The summed E-state index contributed by atoms with van der Waals surface area (Å²) in [4.78, 5) is 30.5. The molecule has 0 saturated carbocycles. The Balaban J connectivity index is 1.47. The summed E-state index contributed by atoms with van der Waals surface area (Å²) in [6.45, 7) is 10.7. The molecule has 1 aromatic carbocycles. The average molecular weight is 577 g/mol. The van der Waals surface area contributed by atoms with Gasteiger partial charge in [0.15, 0.2) is 15.7 Å². The quantitative estimate of drug-likeness (QED) is 0.484. The number of nitrogens with one attached hydrogen (secondary N) is 2. The van der Waals surface area contributed by atoms with Gasteiger partial charge in [-0.3, -0.25) is 0 Å². The first kappa shape index (κ1) is 28.0. The maximum atomic E-state index is 14.3. The summed E-state index contributed by atoms with van der Waals surface area (Å²) in [6.07, 6.45) is 6.10. The van der Waals surface area contributed by atoms with Gasteiger partial charge in [0.05, 0.1) is 12.8 Å². The van der Waals surface area contributed by atoms with Crippen molar-refractivity contribution in [3.63, 3.8) is 0 Å². The van der Waals surface area contributed by atoms with Gasteiger partial charge in [-0.15, -0.1) is 15.7 Å². The number of fused-ring (bicyclic) bond motifs is 2. The van der Waals surface area contributed by atoms with E-state index in [1.54, 1.807) is 34.6 Å². The minimum atomic E-state index is -3.80. The molecule has 5 rings (SSSR count). The molecule has 3 aliphatic rings. The molecular weight excluding hydrogens is 540 g/mol. The van der Waals surface area contributed by atoms with Crippen LogP contribution in [0.4, 0.5) is 15.3 Å². The summed E-state index contributed by atoms with van der Waals surface area (Å²) in [5.41, 5.74) is 3.84. The molecule has 2 atom stereocenters. The zero-order valence-corrected chi connectivity index (χ0v) is 24.9. The molecular formula is C27H36N4O6S2. The summed E-state index contributed by atoms with van der Waals surface area (Å²) in [6, 6.07) is 1.56. The van der Waals surface area contributed by atoms with Crippen molar-refractivity contribution in [1.29, 1.82) is 0 Å². The Labute approximate surface area is 233 Å². The summed E-state index contributed by atoms with van der Waals surface area (Å²) in [7, 11) is -3.80. The summed E-state index contributed by atoms with van der Waals surface area (Å²) in [5.74, 6) is -0.808. The Morgan fingerprint density at radius 1 is 1.10 bits per heavy atom. The molecule has 1 saturated heterocycles. The number of benzene rings is 1. The van der Waals surface area contributed by atoms with Gasteiger partial charge in [-0.2, -0.15) is 0 Å². The number of amides is 3. The van der Waals surface area contributed by atoms with Crippen molar-refractivity contribution in [2.24, 2.45) is 4.36 Å². The van der Waals surface area contributed by atoms with Gasteiger partial charge < -0.3 is 19.5 Å². The SMILES string of the molecule is CC(C)(C)OC(=O)N=S(=O)(NC(=O)Nc1c2c(cc3c1CCC3)CCC2)c1cnc([C@]2(C)COC(C)(C)O2)s1. The van der Waals surface area contributed by atoms with Crippen LogP contribution in [0.3, 0.4) is 0 Å². The number of nitrogens with zero attached hydrogens (tertiary/aromatic N) is 2. The fraction of sp³-hybridized carbons (Fsp3) is 0.593. The molecule has 0 radical (unpaired) electrons. The highest BCUT2D eigenvalue weighted by Crippen LogP contribution is 2.41. The molecule has 0 spiro atoms. The summed E-state index contributed by atoms with van der Waals surface area (Å²) >= 11 is 1.05. The second-order valence-electron chi connectivity index (χ2n) is 11.9. The molecule has 2 aliphatic carbocycles. The number of ether oxygens (including phenoxy) is 3. The zero-order chi connectivity index (χ0) is 28.2. The van der Waals surface area contributed by atoms with Gasteiger partial charge in [0, 0.05) is 5.69 Å². The second-order valence-corrected chi connectivity index (χ2v) is 15.1. The van der Waals surface area contributed by atoms with E-state index >= 15 is 0 Å². The second kappa shape index (κ2) is 9.83. The standard InChI is InChI=1S/C27H36N4O6S2/c1-25(2,3)36-24(33)31-39(34,20-14-28-22(38-20)27(6)15-35-26(4,5)37-27)30-23(32)29-21-18-11-7-9-16(18)13-17-10-8-12-19(17)21/h13-14H,7-12,15H2,1-6H3,(H2,29,30,31,32,33,34)/t27-,39?/m0/s1. The van der Waals surface area contributed by atoms with Crippen LogP contribution in [-0.4, -0.2) is 39.3 Å². The molecule has 12 heteroatoms. The molecule has 2 aromatic rings. The number of urea groups is 1. The van der Waals surface area contributed by atoms with Crippen LogP contribution in [0.5, 0.6) is 0 Å². The van der Waals surface area contributed by atoms with E-state index in [-0.39, 0.29) is 10.8 Å². The Kier molecular flexibility index (Phi) is 7.06. The predicted octanol–water partition coefficient (Wildman–Crippen LogP) is 5.62. The Hall–Kier alpha value is -2.54. The van der Waals surface area contributed by atoms with E-state index < -0.39 is 39.0 Å². The number of carbonyl (C=O) groups is 2. The van der Waals surface area contributed by atoms with Crippen molar-refractivity contribution in [3.8, 4) is 0 Å². The Morgan fingerprint density at radius 3 is 2.31 bits per heavy atom. The molecule has 39 heavy (non-hydrogen) atoms. The van der Waals surface area contributed by atoms with Crippen molar-refractivity contribution in [1.82, 2.24) is 9.71 Å². The van der Waals surface area contributed by atoms with Crippen molar-refractivity contribution in [2.45, 2.75) is 101 Å². The maximum Gasteiger partial charge on any atom is 0.444 e. The Morgan fingerprint density at radius 2 is 1.74 bits per heavy atom. The third kappa shape index (κ3) is 5.84. The van der Waals surface area contributed by atoms with Crippen molar-refractivity contribution in [3.05, 3.63) is 39.5 Å². The third-order valence-electron chi connectivity index (χ3n) is 6.92. The molecule has 1 unspecified atom stereocenters. The van der Waals surface area contributed by atoms with Crippen LogP contribution in [0.25, 0.3) is 0 Å². The number of aryl methyl sites for hydroxylation is 2. The monoisotopic (exact) mass is 576 g/mol. The van der Waals surface area contributed by atoms with E-state index in [4.69, 9.17) is 14.2 Å². The van der Waals surface area contributed by atoms with Crippen LogP contribution in [-0.2, 0) is 55.4 Å². The van der Waals surface area contributed by atoms with E-state index in [0.29, 0.717) is 5.01 Å². The minimum absolute atomic E-state index is 0.108. The van der Waals surface area contributed by atoms with Gasteiger partial charge in [-0.25, -0.2) is 23.5 Å². The first-order valence-corrected chi connectivity index (χ1v) is 15.6. The molecule has 1 fully saturated rings. The first-order chi connectivity index (χ1) is 18.2. The van der Waals surface area contributed by atoms with Gasteiger partial charge in [-0.05, 0) is 102 Å². The Bertz CT molecular complexity index is 1420. The molecule has 2 N–H and O–H groups in total. The van der Waals surface area contributed by atoms with Gasteiger partial charge in [0.25, 0.3) is 0 Å². The molecule has 0 bridgehead atoms. The van der Waals surface area contributed by atoms with E-state index in [0.717, 1.165) is 66.7 Å². The average Bonchev–Trinajstić information content (AvgIpc) is 3.58. The lowest BCUT2D eigenvalue weighted by molar-refractivity contribution is -0.159. The number of hydrogen-bond donors (Lipinski definition) is 2. The van der Waals surface area contributed by atoms with Crippen molar-refractivity contribution >= 4 is 39.1 Å². The number of hydrogen-bond acceptors (Lipinski definition) is 8. The smallest absolute Gasteiger partial charge is 0.442 e. The van der Waals surface area contributed by atoms with Crippen LogP contribution in [0.15, 0.2) is 20.8 Å². The fourth-order valence-electron chi connectivity index (χ4n) is 5.39. The molecule has 1 aliphatic heterocycles. The van der Waals surface area contributed by atoms with Crippen LogP contribution >= 0.6 is 11.3 Å². The summed E-state index contributed by atoms with van der Waals surface area (Å²) in [5, 5.41) is 3.46. The molecule has 10 nitrogen and oxygen atoms in total. The number of carbonyl (C=O) groups excluding carboxylic acids is 2. The maximum absolute atomic E-state index is 14.3. The van der Waals surface area contributed by atoms with Crippen LogP contribution < -0.4 is 10.0 Å². The fourth-order valence-corrected chi connectivity index (χ4v) is 8.01. The predicted molar refractivity (Wildman–Crippen MR) is 148 cm³/mol. The van der Waals surface area contributed by atoms with Crippen molar-refractivity contribution < 1.29 is 28.0 Å². The van der Waals surface area contributed by atoms with E-state index in [2.05, 4.69) is 25.5 Å². The van der Waals surface area contributed by atoms with Crippen molar-refractivity contribution in [2.75, 3.05) is 11.9 Å². The lowest BCUT2D eigenvalue weighted by atomic mass is 9.99. The van der Waals surface area contributed by atoms with Crippen LogP contribution in [0, 0.1) is 0 Å². The van der Waals surface area contributed by atoms with Gasteiger partial charge >= 0.3 is 12.1 Å². The highest BCUT2D eigenvalue weighted by Gasteiger charge is 2.45. The normalized spacial score (nSPS) is 23.0. The first-order valence-electron chi connectivity index (χ1n) is 13.2. The number of aromatic nitrogens is 1. The minimum Gasteiger partial charge on any atom is -0.442 e. The number of anilines is 1. The van der Waals surface area contributed by atoms with Crippen LogP contribution in [0.2, 0.25) is 0 Å².